The molecular weight excluding hydrogens is 440 g/mol. The molecule has 10 heteroatoms. The first-order chi connectivity index (χ1) is 15.5. The molecule has 0 aromatic heterocycles. The number of aromatic hydroxyl groups is 1. The molecule has 34 heavy (non-hydrogen) atoms. The number of nitrogens with one attached hydrogen (secondary N) is 2. The molecule has 0 aliphatic heterocycles. The molecule has 1 aromatic rings. The number of rotatable bonds is 9. The molecule has 10 nitrogen and oxygen atoms in total. The summed E-state index contributed by atoms with van der Waals surface area (Å²) in [5.41, 5.74) is 4.29. The summed E-state index contributed by atoms with van der Waals surface area (Å²) in [7, 11) is 0. The van der Waals surface area contributed by atoms with Crippen LogP contribution in [0.2, 0.25) is 0 Å². The van der Waals surface area contributed by atoms with Gasteiger partial charge in [0.1, 0.15) is 23.4 Å². The summed E-state index contributed by atoms with van der Waals surface area (Å²) in [6, 6.07) is 3.56. The molecule has 0 heterocycles. The Morgan fingerprint density at radius 3 is 2.21 bits per heavy atom. The molecule has 0 radical (unpaired) electrons. The molecule has 0 spiro atoms. The van der Waals surface area contributed by atoms with Crippen molar-refractivity contribution in [1.29, 1.82) is 0 Å². The topological polar surface area (TPSA) is 151 Å². The highest BCUT2D eigenvalue weighted by atomic mass is 16.6. The largest absolute Gasteiger partial charge is 0.508 e. The van der Waals surface area contributed by atoms with E-state index in [4.69, 9.17) is 10.5 Å². The molecule has 0 aliphatic carbocycles. The molecule has 2 atom stereocenters. The van der Waals surface area contributed by atoms with Crippen LogP contribution in [0.5, 0.6) is 5.75 Å². The van der Waals surface area contributed by atoms with Crippen LogP contribution in [-0.4, -0.2) is 57.5 Å². The Hall–Kier alpha value is -3.30. The van der Waals surface area contributed by atoms with Gasteiger partial charge in [-0.1, -0.05) is 19.1 Å². The van der Waals surface area contributed by atoms with E-state index in [2.05, 4.69) is 10.6 Å². The molecule has 0 aliphatic rings. The third kappa shape index (κ3) is 9.68. The van der Waals surface area contributed by atoms with E-state index in [9.17, 15) is 24.3 Å². The maximum Gasteiger partial charge on any atom is 0.408 e. The Morgan fingerprint density at radius 1 is 1.12 bits per heavy atom. The highest BCUT2D eigenvalue weighted by molar-refractivity contribution is 5.94. The van der Waals surface area contributed by atoms with Crippen molar-refractivity contribution < 1.29 is 29.0 Å². The third-order valence-corrected chi connectivity index (χ3v) is 4.39. The van der Waals surface area contributed by atoms with E-state index in [1.807, 2.05) is 6.92 Å². The number of hydrogen-bond acceptors (Lipinski definition) is 6. The molecule has 0 bridgehead atoms. The number of ether oxygens (including phenoxy) is 1. The Balaban J connectivity index is 3.46. The lowest BCUT2D eigenvalue weighted by Crippen LogP contribution is -2.55. The number of primary amides is 1. The average Bonchev–Trinajstić information content (AvgIpc) is 2.63. The first-order valence-corrected chi connectivity index (χ1v) is 11.2. The predicted octanol–water partition coefficient (Wildman–Crippen LogP) is 2.36. The van der Waals surface area contributed by atoms with Crippen LogP contribution in [0.15, 0.2) is 24.3 Å². The number of amides is 4. The molecule has 5 N–H and O–H groups in total. The molecule has 1 rings (SSSR count). The van der Waals surface area contributed by atoms with E-state index >= 15 is 0 Å². The predicted molar refractivity (Wildman–Crippen MR) is 128 cm³/mol. The first-order valence-electron chi connectivity index (χ1n) is 11.2. The molecular formula is C24H38N4O6. The van der Waals surface area contributed by atoms with Crippen LogP contribution >= 0.6 is 0 Å². The molecule has 4 amide bonds. The fourth-order valence-corrected chi connectivity index (χ4v) is 3.26. The van der Waals surface area contributed by atoms with Gasteiger partial charge in [0.2, 0.25) is 17.7 Å². The summed E-state index contributed by atoms with van der Waals surface area (Å²) in [4.78, 5) is 52.4. The van der Waals surface area contributed by atoms with E-state index in [0.717, 1.165) is 0 Å². The van der Waals surface area contributed by atoms with Gasteiger partial charge in [-0.3, -0.25) is 14.4 Å². The van der Waals surface area contributed by atoms with Crippen molar-refractivity contribution in [3.8, 4) is 5.75 Å². The number of nitrogens with zero attached hydrogens (tertiary/aromatic N) is 1. The van der Waals surface area contributed by atoms with Crippen molar-refractivity contribution >= 4 is 23.8 Å². The summed E-state index contributed by atoms with van der Waals surface area (Å²) in [5.74, 6) is -2.03. The molecule has 0 saturated heterocycles. The zero-order chi connectivity index (χ0) is 26.3. The normalized spacial score (nSPS) is 13.4. The lowest BCUT2D eigenvalue weighted by atomic mass is 9.99. The zero-order valence-electron chi connectivity index (χ0n) is 21.1. The number of phenols is 1. The number of benzene rings is 1. The average molecular weight is 479 g/mol. The Kier molecular flexibility index (Phi) is 9.90. The van der Waals surface area contributed by atoms with Crippen LogP contribution in [0, 0.1) is 0 Å². The van der Waals surface area contributed by atoms with Gasteiger partial charge in [-0.2, -0.15) is 0 Å². The Morgan fingerprint density at radius 2 is 1.74 bits per heavy atom. The van der Waals surface area contributed by atoms with Crippen LogP contribution in [0.1, 0.15) is 72.9 Å². The summed E-state index contributed by atoms with van der Waals surface area (Å²) in [5, 5.41) is 15.3. The summed E-state index contributed by atoms with van der Waals surface area (Å²) >= 11 is 0. The monoisotopic (exact) mass is 478 g/mol. The highest BCUT2D eigenvalue weighted by Gasteiger charge is 2.37. The van der Waals surface area contributed by atoms with Crippen LogP contribution in [-0.2, 0) is 19.1 Å². The van der Waals surface area contributed by atoms with Gasteiger partial charge in [0.25, 0.3) is 0 Å². The smallest absolute Gasteiger partial charge is 0.408 e. The van der Waals surface area contributed by atoms with Crippen molar-refractivity contribution in [2.75, 3.05) is 6.54 Å². The van der Waals surface area contributed by atoms with Gasteiger partial charge in [0, 0.05) is 12.1 Å². The zero-order valence-corrected chi connectivity index (χ0v) is 21.1. The highest BCUT2D eigenvalue weighted by Crippen LogP contribution is 2.27. The minimum absolute atomic E-state index is 0.0736. The molecule has 0 saturated carbocycles. The van der Waals surface area contributed by atoms with E-state index < -0.39 is 53.5 Å². The quantitative estimate of drug-likeness (QED) is 0.428. The van der Waals surface area contributed by atoms with E-state index in [0.29, 0.717) is 12.0 Å². The van der Waals surface area contributed by atoms with Crippen molar-refractivity contribution in [2.24, 2.45) is 5.73 Å². The Bertz CT molecular complexity index is 888. The van der Waals surface area contributed by atoms with Crippen molar-refractivity contribution in [3.05, 3.63) is 29.8 Å². The number of phenolic OH excluding ortho intramolecular Hbond substituents is 1. The fourth-order valence-electron chi connectivity index (χ4n) is 3.26. The van der Waals surface area contributed by atoms with Crippen LogP contribution in [0.3, 0.4) is 0 Å². The van der Waals surface area contributed by atoms with Crippen molar-refractivity contribution in [3.63, 3.8) is 0 Å². The molecule has 190 valence electrons. The number of hydrogen-bond donors (Lipinski definition) is 4. The SMILES string of the molecule is CCCN(C(=O)C(CC(N)=O)NC(=O)OC(C)(C)C)C(C(=O)NC(C)(C)C)c1cccc(O)c1. The first kappa shape index (κ1) is 28.7. The number of alkyl carbamates (subject to hydrolysis) is 1. The second kappa shape index (κ2) is 11.7. The minimum Gasteiger partial charge on any atom is -0.508 e. The van der Waals surface area contributed by atoms with Crippen LogP contribution in [0.4, 0.5) is 4.79 Å². The van der Waals surface area contributed by atoms with Gasteiger partial charge < -0.3 is 31.1 Å². The Labute approximate surface area is 201 Å². The van der Waals surface area contributed by atoms with E-state index in [1.54, 1.807) is 53.7 Å². The number of carbonyl (C=O) groups excluding carboxylic acids is 4. The lowest BCUT2D eigenvalue weighted by Gasteiger charge is -2.35. The number of nitrogens with two attached hydrogens (primary N) is 1. The summed E-state index contributed by atoms with van der Waals surface area (Å²) in [6.45, 7) is 12.4. The fraction of sp³-hybridized carbons (Fsp3) is 0.583. The minimum atomic E-state index is -1.35. The lowest BCUT2D eigenvalue weighted by molar-refractivity contribution is -0.144. The van der Waals surface area contributed by atoms with Crippen LogP contribution < -0.4 is 16.4 Å². The van der Waals surface area contributed by atoms with Crippen molar-refractivity contribution in [2.45, 2.75) is 84.5 Å². The van der Waals surface area contributed by atoms with Crippen LogP contribution in [0.25, 0.3) is 0 Å². The second-order valence-corrected chi connectivity index (χ2v) is 10.1. The summed E-state index contributed by atoms with van der Waals surface area (Å²) in [6.07, 6.45) is -0.887. The second-order valence-electron chi connectivity index (χ2n) is 10.1. The van der Waals surface area contributed by atoms with Crippen molar-refractivity contribution in [1.82, 2.24) is 15.5 Å². The van der Waals surface area contributed by atoms with E-state index in [-0.39, 0.29) is 12.3 Å². The van der Waals surface area contributed by atoms with Gasteiger partial charge in [-0.25, -0.2) is 4.79 Å². The van der Waals surface area contributed by atoms with Gasteiger partial charge in [0.15, 0.2) is 0 Å². The third-order valence-electron chi connectivity index (χ3n) is 4.39. The molecule has 1 aromatic carbocycles. The van der Waals surface area contributed by atoms with Gasteiger partial charge in [0.05, 0.1) is 6.42 Å². The van der Waals surface area contributed by atoms with Gasteiger partial charge >= 0.3 is 6.09 Å². The molecule has 2 unspecified atom stereocenters. The standard InChI is InChI=1S/C24H38N4O6/c1-8-12-28(21(32)17(14-18(25)30)26-22(33)34-24(5,6)7)19(20(31)27-23(2,3)4)15-10-9-11-16(29)13-15/h9-11,13,17,19,29H,8,12,14H2,1-7H3,(H2,25,30)(H,26,33)(H,27,31). The van der Waals surface area contributed by atoms with Gasteiger partial charge in [-0.05, 0) is 65.7 Å². The maximum atomic E-state index is 13.6. The molecule has 0 fully saturated rings. The maximum absolute atomic E-state index is 13.6. The van der Waals surface area contributed by atoms with Gasteiger partial charge in [-0.15, -0.1) is 0 Å². The number of carbonyl (C=O) groups is 4. The van der Waals surface area contributed by atoms with E-state index in [1.165, 1.54) is 17.0 Å². The summed E-state index contributed by atoms with van der Waals surface area (Å²) < 4.78 is 5.23.